The Kier molecular flexibility index (Phi) is 7.94. The molecule has 0 aliphatic carbocycles. The molecule has 5 nitrogen and oxygen atoms in total. The minimum atomic E-state index is -0.613. The topological polar surface area (TPSA) is 84.2 Å². The maximum absolute atomic E-state index is 13.2. The van der Waals surface area contributed by atoms with Gasteiger partial charge >= 0.3 is 0 Å². The number of anilines is 1. The molecule has 0 aliphatic heterocycles. The molecule has 27 heavy (non-hydrogen) atoms. The monoisotopic (exact) mass is 393 g/mol. The first-order valence-corrected chi connectivity index (χ1v) is 8.36. The smallest absolute Gasteiger partial charge is 0.255 e. The van der Waals surface area contributed by atoms with Crippen molar-refractivity contribution in [2.45, 2.75) is 33.4 Å². The number of hydrogen-bond acceptors (Lipinski definition) is 3. The number of nitrogens with two attached hydrogens (primary N) is 1. The van der Waals surface area contributed by atoms with Gasteiger partial charge in [-0.3, -0.25) is 9.59 Å². The molecule has 2 aromatic rings. The van der Waals surface area contributed by atoms with Crippen molar-refractivity contribution in [3.63, 3.8) is 0 Å². The fourth-order valence-electron chi connectivity index (χ4n) is 2.28. The lowest BCUT2D eigenvalue weighted by Gasteiger charge is -2.25. The second-order valence-electron chi connectivity index (χ2n) is 7.23. The number of rotatable bonds is 5. The molecule has 4 N–H and O–H groups in total. The molecule has 2 aromatic carbocycles. The molecule has 7 heteroatoms. The van der Waals surface area contributed by atoms with Crippen LogP contribution in [0.15, 0.2) is 48.5 Å². The number of benzene rings is 2. The maximum Gasteiger partial charge on any atom is 0.255 e. The van der Waals surface area contributed by atoms with E-state index < -0.39 is 17.8 Å². The first-order chi connectivity index (χ1) is 12.2. The van der Waals surface area contributed by atoms with Crippen LogP contribution in [0.25, 0.3) is 0 Å². The van der Waals surface area contributed by atoms with Crippen molar-refractivity contribution in [3.8, 4) is 0 Å². The van der Waals surface area contributed by atoms with E-state index in [4.69, 9.17) is 5.73 Å². The van der Waals surface area contributed by atoms with Crippen LogP contribution in [0.1, 0.15) is 36.7 Å². The minimum absolute atomic E-state index is 0. The molecule has 1 atom stereocenters. The third-order valence-electron chi connectivity index (χ3n) is 3.95. The first kappa shape index (κ1) is 22.6. The summed E-state index contributed by atoms with van der Waals surface area (Å²) in [6, 6.07) is 11.9. The summed E-state index contributed by atoms with van der Waals surface area (Å²) >= 11 is 0. The highest BCUT2D eigenvalue weighted by atomic mass is 35.5. The van der Waals surface area contributed by atoms with E-state index in [0.29, 0.717) is 12.2 Å². The Morgan fingerprint density at radius 1 is 1.11 bits per heavy atom. The van der Waals surface area contributed by atoms with E-state index in [9.17, 15) is 14.0 Å². The minimum Gasteiger partial charge on any atom is -0.351 e. The van der Waals surface area contributed by atoms with Crippen molar-refractivity contribution in [3.05, 3.63) is 65.5 Å². The van der Waals surface area contributed by atoms with Crippen LogP contribution < -0.4 is 16.4 Å². The predicted octanol–water partition coefficient (Wildman–Crippen LogP) is 3.49. The number of hydrogen-bond donors (Lipinski definition) is 3. The molecular weight excluding hydrogens is 369 g/mol. The van der Waals surface area contributed by atoms with Crippen molar-refractivity contribution >= 4 is 29.9 Å². The fraction of sp³-hybridized carbons (Fsp3) is 0.300. The quantitative estimate of drug-likeness (QED) is 0.727. The lowest BCUT2D eigenvalue weighted by Crippen LogP contribution is -2.48. The Morgan fingerprint density at radius 2 is 1.78 bits per heavy atom. The zero-order chi connectivity index (χ0) is 19.3. The molecule has 0 radical (unpaired) electrons. The molecule has 0 aliphatic rings. The van der Waals surface area contributed by atoms with Gasteiger partial charge < -0.3 is 16.4 Å². The van der Waals surface area contributed by atoms with Gasteiger partial charge in [-0.05, 0) is 41.3 Å². The molecule has 0 unspecified atom stereocenters. The molecule has 0 spiro atoms. The summed E-state index contributed by atoms with van der Waals surface area (Å²) in [7, 11) is 0. The number of amides is 2. The van der Waals surface area contributed by atoms with E-state index in [1.54, 1.807) is 18.2 Å². The SMILES string of the molecule is CC(C)(C)[C@H](N)C(=O)NCc1cccc(NC(=O)c2cccc(F)c2)c1.Cl. The lowest BCUT2D eigenvalue weighted by molar-refractivity contribution is -0.124. The van der Waals surface area contributed by atoms with Gasteiger partial charge in [0, 0.05) is 17.8 Å². The van der Waals surface area contributed by atoms with E-state index in [1.807, 2.05) is 26.8 Å². The Balaban J connectivity index is 0.00000364. The summed E-state index contributed by atoms with van der Waals surface area (Å²) in [6.07, 6.45) is 0. The average Bonchev–Trinajstić information content (AvgIpc) is 2.58. The van der Waals surface area contributed by atoms with Crippen LogP contribution in [0, 0.1) is 11.2 Å². The lowest BCUT2D eigenvalue weighted by atomic mass is 9.87. The Bertz CT molecular complexity index is 806. The Labute approximate surface area is 164 Å². The van der Waals surface area contributed by atoms with Crippen LogP contribution in [0.5, 0.6) is 0 Å². The zero-order valence-electron chi connectivity index (χ0n) is 15.6. The third kappa shape index (κ3) is 6.66. The maximum atomic E-state index is 13.2. The Hall–Kier alpha value is -2.44. The van der Waals surface area contributed by atoms with Gasteiger partial charge in [-0.25, -0.2) is 4.39 Å². The highest BCUT2D eigenvalue weighted by molar-refractivity contribution is 6.04. The van der Waals surface area contributed by atoms with Gasteiger partial charge in [0.1, 0.15) is 5.82 Å². The van der Waals surface area contributed by atoms with E-state index in [0.717, 1.165) is 5.56 Å². The summed E-state index contributed by atoms with van der Waals surface area (Å²) in [5.41, 5.74) is 7.22. The highest BCUT2D eigenvalue weighted by Gasteiger charge is 2.27. The molecule has 146 valence electrons. The number of carbonyl (C=O) groups is 2. The summed E-state index contributed by atoms with van der Waals surface area (Å²) < 4.78 is 13.2. The van der Waals surface area contributed by atoms with E-state index in [1.165, 1.54) is 24.3 Å². The van der Waals surface area contributed by atoms with Gasteiger partial charge in [-0.1, -0.05) is 39.0 Å². The van der Waals surface area contributed by atoms with Crippen molar-refractivity contribution in [1.29, 1.82) is 0 Å². The number of nitrogens with one attached hydrogen (secondary N) is 2. The van der Waals surface area contributed by atoms with Gasteiger partial charge in [0.05, 0.1) is 6.04 Å². The average molecular weight is 394 g/mol. The van der Waals surface area contributed by atoms with Gasteiger partial charge in [0.15, 0.2) is 0 Å². The molecule has 0 saturated heterocycles. The Morgan fingerprint density at radius 3 is 2.41 bits per heavy atom. The van der Waals surface area contributed by atoms with E-state index in [-0.39, 0.29) is 29.3 Å². The molecular formula is C20H25ClFN3O2. The first-order valence-electron chi connectivity index (χ1n) is 8.36. The van der Waals surface area contributed by atoms with Gasteiger partial charge in [-0.15, -0.1) is 12.4 Å². The zero-order valence-corrected chi connectivity index (χ0v) is 16.4. The second-order valence-corrected chi connectivity index (χ2v) is 7.23. The van der Waals surface area contributed by atoms with Crippen LogP contribution >= 0.6 is 12.4 Å². The molecule has 0 saturated carbocycles. The summed E-state index contributed by atoms with van der Waals surface area (Å²) in [6.45, 7) is 6.01. The van der Waals surface area contributed by atoms with Gasteiger partial charge in [0.2, 0.25) is 5.91 Å². The molecule has 0 heterocycles. The van der Waals surface area contributed by atoms with E-state index in [2.05, 4.69) is 10.6 Å². The van der Waals surface area contributed by atoms with Crippen molar-refractivity contribution in [1.82, 2.24) is 5.32 Å². The van der Waals surface area contributed by atoms with Gasteiger partial charge in [0.25, 0.3) is 5.91 Å². The third-order valence-corrected chi connectivity index (χ3v) is 3.95. The van der Waals surface area contributed by atoms with E-state index >= 15 is 0 Å². The standard InChI is InChI=1S/C20H24FN3O2.ClH/c1-20(2,3)17(22)19(26)23-12-13-6-4-9-16(10-13)24-18(25)14-7-5-8-15(21)11-14;/h4-11,17H,12,22H2,1-3H3,(H,23,26)(H,24,25);1H/t17-;/m1./s1. The van der Waals surface area contributed by atoms with Crippen molar-refractivity contribution in [2.24, 2.45) is 11.1 Å². The van der Waals surface area contributed by atoms with Crippen LogP contribution in [-0.4, -0.2) is 17.9 Å². The van der Waals surface area contributed by atoms with Crippen molar-refractivity contribution in [2.75, 3.05) is 5.32 Å². The number of halogens is 2. The highest BCUT2D eigenvalue weighted by Crippen LogP contribution is 2.18. The van der Waals surface area contributed by atoms with Crippen LogP contribution in [-0.2, 0) is 11.3 Å². The van der Waals surface area contributed by atoms with Crippen molar-refractivity contribution < 1.29 is 14.0 Å². The normalized spacial score (nSPS) is 11.9. The molecule has 2 rings (SSSR count). The summed E-state index contributed by atoms with van der Waals surface area (Å²) in [4.78, 5) is 24.3. The fourth-order valence-corrected chi connectivity index (χ4v) is 2.28. The largest absolute Gasteiger partial charge is 0.351 e. The summed E-state index contributed by atoms with van der Waals surface area (Å²) in [5.74, 6) is -1.10. The molecule has 0 aromatic heterocycles. The van der Waals surface area contributed by atoms with Gasteiger partial charge in [-0.2, -0.15) is 0 Å². The molecule has 0 bridgehead atoms. The summed E-state index contributed by atoms with van der Waals surface area (Å²) in [5, 5.41) is 5.52. The number of carbonyl (C=O) groups excluding carboxylic acids is 2. The second kappa shape index (κ2) is 9.48. The van der Waals surface area contributed by atoms with Crippen LogP contribution in [0.3, 0.4) is 0 Å². The predicted molar refractivity (Wildman–Crippen MR) is 107 cm³/mol. The molecule has 2 amide bonds. The van der Waals surface area contributed by atoms with Crippen LogP contribution in [0.2, 0.25) is 0 Å². The van der Waals surface area contributed by atoms with Crippen LogP contribution in [0.4, 0.5) is 10.1 Å². The molecule has 0 fully saturated rings.